The van der Waals surface area contributed by atoms with Gasteiger partial charge in [0.05, 0.1) is 5.69 Å². The highest BCUT2D eigenvalue weighted by Crippen LogP contribution is 2.26. The van der Waals surface area contributed by atoms with E-state index in [1.165, 1.54) is 15.1 Å². The van der Waals surface area contributed by atoms with Gasteiger partial charge in [0.25, 0.3) is 11.5 Å². The maximum Gasteiger partial charge on any atom is 0.279 e. The lowest BCUT2D eigenvalue weighted by Gasteiger charge is -2.26. The Morgan fingerprint density at radius 2 is 2.13 bits per heavy atom. The molecule has 5 nitrogen and oxygen atoms in total. The van der Waals surface area contributed by atoms with Crippen molar-refractivity contribution < 1.29 is 4.79 Å². The average Bonchev–Trinajstić information content (AvgIpc) is 3.08. The number of thiophene rings is 1. The van der Waals surface area contributed by atoms with Crippen LogP contribution in [0.3, 0.4) is 0 Å². The van der Waals surface area contributed by atoms with Crippen LogP contribution in [0.2, 0.25) is 0 Å². The molecule has 0 atom stereocenters. The summed E-state index contributed by atoms with van der Waals surface area (Å²) in [6, 6.07) is 4.13. The van der Waals surface area contributed by atoms with E-state index < -0.39 is 0 Å². The Balaban J connectivity index is 1.88. The second-order valence-electron chi connectivity index (χ2n) is 5.72. The molecule has 0 saturated heterocycles. The molecule has 2 aromatic rings. The van der Waals surface area contributed by atoms with Crippen molar-refractivity contribution in [1.82, 2.24) is 14.7 Å². The largest absolute Gasteiger partial charge is 0.334 e. The number of amides is 1. The third-order valence-corrected chi connectivity index (χ3v) is 5.22. The second-order valence-corrected chi connectivity index (χ2v) is 6.67. The first-order valence-corrected chi connectivity index (χ1v) is 8.43. The maximum absolute atomic E-state index is 12.8. The number of nitrogens with zero attached hydrogens (tertiary/aromatic N) is 3. The molecule has 0 saturated carbocycles. The topological polar surface area (TPSA) is 55.2 Å². The van der Waals surface area contributed by atoms with Gasteiger partial charge in [0.2, 0.25) is 0 Å². The highest BCUT2D eigenvalue weighted by atomic mass is 32.1. The van der Waals surface area contributed by atoms with E-state index >= 15 is 0 Å². The number of carbonyl (C=O) groups is 1. The summed E-state index contributed by atoms with van der Waals surface area (Å²) in [7, 11) is 1.58. The number of aryl methyl sites for hydroxylation is 2. The van der Waals surface area contributed by atoms with Crippen molar-refractivity contribution in [3.8, 4) is 0 Å². The van der Waals surface area contributed by atoms with E-state index in [9.17, 15) is 9.59 Å². The summed E-state index contributed by atoms with van der Waals surface area (Å²) in [5.41, 5.74) is 2.58. The number of hydrogen-bond acceptors (Lipinski definition) is 4. The Hall–Kier alpha value is -2.21. The molecule has 0 unspecified atom stereocenters. The Labute approximate surface area is 138 Å². The third-order valence-electron chi connectivity index (χ3n) is 4.27. The van der Waals surface area contributed by atoms with Gasteiger partial charge in [-0.1, -0.05) is 12.1 Å². The summed E-state index contributed by atoms with van der Waals surface area (Å²) in [6.45, 7) is 4.77. The van der Waals surface area contributed by atoms with Crippen molar-refractivity contribution in [2.45, 2.75) is 20.3 Å². The first kappa shape index (κ1) is 15.7. The summed E-state index contributed by atoms with van der Waals surface area (Å²) in [5.74, 6) is -0.199. The zero-order chi connectivity index (χ0) is 16.6. The fourth-order valence-corrected chi connectivity index (χ4v) is 3.59. The van der Waals surface area contributed by atoms with Crippen LogP contribution in [0.15, 0.2) is 28.4 Å². The van der Waals surface area contributed by atoms with Crippen LogP contribution >= 0.6 is 11.3 Å². The highest BCUT2D eigenvalue weighted by Gasteiger charge is 2.25. The van der Waals surface area contributed by atoms with Crippen LogP contribution in [0.25, 0.3) is 5.57 Å². The normalized spacial score (nSPS) is 14.7. The van der Waals surface area contributed by atoms with Gasteiger partial charge in [-0.3, -0.25) is 9.59 Å². The molecule has 0 spiro atoms. The number of carbonyl (C=O) groups excluding carboxylic acids is 1. The van der Waals surface area contributed by atoms with Crippen LogP contribution in [0.5, 0.6) is 0 Å². The fraction of sp³-hybridized carbons (Fsp3) is 0.353. The van der Waals surface area contributed by atoms with Crippen molar-refractivity contribution in [3.05, 3.63) is 55.6 Å². The van der Waals surface area contributed by atoms with Gasteiger partial charge in [-0.25, -0.2) is 4.68 Å². The first-order valence-electron chi connectivity index (χ1n) is 7.55. The lowest BCUT2D eigenvalue weighted by Crippen LogP contribution is -2.40. The molecule has 0 aromatic carbocycles. The molecule has 6 heteroatoms. The summed E-state index contributed by atoms with van der Waals surface area (Å²) >= 11 is 1.71. The SMILES string of the molecule is Cc1nn(C)c(=O)c(C(=O)N2CC=C(c3cccs3)CC2)c1C. The van der Waals surface area contributed by atoms with E-state index in [0.717, 1.165) is 6.42 Å². The van der Waals surface area contributed by atoms with E-state index in [2.05, 4.69) is 22.6 Å². The Morgan fingerprint density at radius 1 is 1.35 bits per heavy atom. The summed E-state index contributed by atoms with van der Waals surface area (Å²) in [5, 5.41) is 6.19. The molecule has 120 valence electrons. The van der Waals surface area contributed by atoms with Crippen LogP contribution in [-0.2, 0) is 7.05 Å². The molecule has 0 fully saturated rings. The highest BCUT2D eigenvalue weighted by molar-refractivity contribution is 7.11. The van der Waals surface area contributed by atoms with Gasteiger partial charge in [0, 0.05) is 25.0 Å². The van der Waals surface area contributed by atoms with Crippen LogP contribution in [0, 0.1) is 13.8 Å². The smallest absolute Gasteiger partial charge is 0.279 e. The van der Waals surface area contributed by atoms with Crippen molar-refractivity contribution in [2.75, 3.05) is 13.1 Å². The predicted octanol–water partition coefficient (Wildman–Crippen LogP) is 2.39. The standard InChI is InChI=1S/C17H19N3O2S/c1-11-12(2)18-19(3)16(21)15(11)17(22)20-8-6-13(7-9-20)14-5-4-10-23-14/h4-6,10H,7-9H2,1-3H3. The Bertz CT molecular complexity index is 834. The van der Waals surface area contributed by atoms with Gasteiger partial charge < -0.3 is 4.90 Å². The van der Waals surface area contributed by atoms with E-state index in [1.807, 2.05) is 13.0 Å². The van der Waals surface area contributed by atoms with Crippen molar-refractivity contribution in [1.29, 1.82) is 0 Å². The Morgan fingerprint density at radius 3 is 2.74 bits per heavy atom. The minimum absolute atomic E-state index is 0.199. The van der Waals surface area contributed by atoms with Crippen LogP contribution in [-0.4, -0.2) is 33.7 Å². The van der Waals surface area contributed by atoms with Crippen LogP contribution in [0.4, 0.5) is 0 Å². The molecule has 1 aliphatic heterocycles. The second kappa shape index (κ2) is 6.12. The number of aromatic nitrogens is 2. The van der Waals surface area contributed by atoms with Gasteiger partial charge in [0.1, 0.15) is 5.56 Å². The van der Waals surface area contributed by atoms with Crippen molar-refractivity contribution in [2.24, 2.45) is 7.05 Å². The van der Waals surface area contributed by atoms with Crippen LogP contribution < -0.4 is 5.56 Å². The maximum atomic E-state index is 12.8. The molecule has 0 bridgehead atoms. The van der Waals surface area contributed by atoms with E-state index in [4.69, 9.17) is 0 Å². The van der Waals surface area contributed by atoms with Gasteiger partial charge in [-0.05, 0) is 42.9 Å². The van der Waals surface area contributed by atoms with Gasteiger partial charge in [-0.15, -0.1) is 11.3 Å². The van der Waals surface area contributed by atoms with Gasteiger partial charge in [-0.2, -0.15) is 5.10 Å². The summed E-state index contributed by atoms with van der Waals surface area (Å²) in [4.78, 5) is 28.1. The molecular formula is C17H19N3O2S. The molecule has 2 aromatic heterocycles. The number of hydrogen-bond donors (Lipinski definition) is 0. The summed E-state index contributed by atoms with van der Waals surface area (Å²) < 4.78 is 1.24. The molecular weight excluding hydrogens is 310 g/mol. The zero-order valence-corrected chi connectivity index (χ0v) is 14.3. The molecule has 0 radical (unpaired) electrons. The van der Waals surface area contributed by atoms with E-state index in [0.29, 0.717) is 24.3 Å². The molecule has 0 aliphatic carbocycles. The van der Waals surface area contributed by atoms with Gasteiger partial charge >= 0.3 is 0 Å². The first-order chi connectivity index (χ1) is 11.0. The zero-order valence-electron chi connectivity index (χ0n) is 13.5. The van der Waals surface area contributed by atoms with Gasteiger partial charge in [0.15, 0.2) is 0 Å². The van der Waals surface area contributed by atoms with Crippen LogP contribution in [0.1, 0.15) is 32.9 Å². The molecule has 3 heterocycles. The predicted molar refractivity (Wildman–Crippen MR) is 91.8 cm³/mol. The molecule has 1 amide bonds. The minimum atomic E-state index is -0.328. The summed E-state index contributed by atoms with van der Waals surface area (Å²) in [6.07, 6.45) is 2.90. The monoisotopic (exact) mass is 329 g/mol. The lowest BCUT2D eigenvalue weighted by atomic mass is 10.0. The quantitative estimate of drug-likeness (QED) is 0.850. The fourth-order valence-electron chi connectivity index (χ4n) is 2.80. The average molecular weight is 329 g/mol. The minimum Gasteiger partial charge on any atom is -0.334 e. The molecule has 0 N–H and O–H groups in total. The van der Waals surface area contributed by atoms with E-state index in [1.54, 1.807) is 30.2 Å². The molecule has 23 heavy (non-hydrogen) atoms. The van der Waals surface area contributed by atoms with Crippen molar-refractivity contribution >= 4 is 22.8 Å². The Kier molecular flexibility index (Phi) is 4.17. The van der Waals surface area contributed by atoms with Crippen molar-refractivity contribution in [3.63, 3.8) is 0 Å². The van der Waals surface area contributed by atoms with E-state index in [-0.39, 0.29) is 17.0 Å². The number of rotatable bonds is 2. The third kappa shape index (κ3) is 2.86. The molecule has 1 aliphatic rings. The lowest BCUT2D eigenvalue weighted by molar-refractivity contribution is 0.0769. The molecule has 3 rings (SSSR count).